The lowest BCUT2D eigenvalue weighted by Gasteiger charge is -2.11. The van der Waals surface area contributed by atoms with Gasteiger partial charge < -0.3 is 20.4 Å². The van der Waals surface area contributed by atoms with Gasteiger partial charge in [0.2, 0.25) is 5.91 Å². The molecule has 6 heteroatoms. The van der Waals surface area contributed by atoms with Crippen molar-refractivity contribution in [1.82, 2.24) is 14.9 Å². The van der Waals surface area contributed by atoms with Crippen LogP contribution in [0.2, 0.25) is 0 Å². The van der Waals surface area contributed by atoms with Crippen molar-refractivity contribution >= 4 is 22.6 Å². The van der Waals surface area contributed by atoms with Crippen LogP contribution in [0.25, 0.3) is 11.0 Å². The lowest BCUT2D eigenvalue weighted by atomic mass is 10.2. The molecule has 0 unspecified atom stereocenters. The summed E-state index contributed by atoms with van der Waals surface area (Å²) in [5, 5.41) is 2.91. The highest BCUT2D eigenvalue weighted by molar-refractivity contribution is 5.89. The third-order valence-electron chi connectivity index (χ3n) is 3.17. The van der Waals surface area contributed by atoms with Crippen molar-refractivity contribution in [2.45, 2.75) is 27.0 Å². The van der Waals surface area contributed by atoms with Gasteiger partial charge in [0.1, 0.15) is 24.5 Å². The molecule has 0 aliphatic heterocycles. The number of rotatable bonds is 6. The van der Waals surface area contributed by atoms with Gasteiger partial charge in [-0.05, 0) is 18.1 Å². The number of hydrogen-bond donors (Lipinski definition) is 2. The first-order chi connectivity index (χ1) is 10.0. The SMILES string of the molecule is COCc1nc2c(N)cccc2n1CC(=O)NCC(C)C. The number of carbonyl (C=O) groups is 1. The second-order valence-electron chi connectivity index (χ2n) is 5.46. The summed E-state index contributed by atoms with van der Waals surface area (Å²) in [5.74, 6) is 1.08. The van der Waals surface area contributed by atoms with Crippen molar-refractivity contribution in [3.05, 3.63) is 24.0 Å². The molecule has 1 aromatic carbocycles. The fraction of sp³-hybridized carbons (Fsp3) is 0.467. The Morgan fingerprint density at radius 3 is 2.90 bits per heavy atom. The lowest BCUT2D eigenvalue weighted by Crippen LogP contribution is -2.31. The molecule has 1 amide bonds. The van der Waals surface area contributed by atoms with E-state index in [0.29, 0.717) is 36.1 Å². The minimum absolute atomic E-state index is 0.0391. The minimum atomic E-state index is -0.0391. The average molecular weight is 290 g/mol. The predicted octanol–water partition coefficient (Wildman–Crippen LogP) is 1.54. The van der Waals surface area contributed by atoms with Gasteiger partial charge in [-0.1, -0.05) is 19.9 Å². The van der Waals surface area contributed by atoms with Crippen molar-refractivity contribution in [2.24, 2.45) is 5.92 Å². The Kier molecular flexibility index (Phi) is 4.80. The van der Waals surface area contributed by atoms with Gasteiger partial charge in [-0.2, -0.15) is 0 Å². The zero-order valence-electron chi connectivity index (χ0n) is 12.7. The van der Waals surface area contributed by atoms with Crippen molar-refractivity contribution in [3.63, 3.8) is 0 Å². The van der Waals surface area contributed by atoms with Crippen LogP contribution < -0.4 is 11.1 Å². The number of hydrogen-bond acceptors (Lipinski definition) is 4. The summed E-state index contributed by atoms with van der Waals surface area (Å²) in [6.45, 7) is 5.33. The highest BCUT2D eigenvalue weighted by Crippen LogP contribution is 2.22. The second-order valence-corrected chi connectivity index (χ2v) is 5.46. The average Bonchev–Trinajstić information content (AvgIpc) is 2.77. The normalized spacial score (nSPS) is 11.2. The van der Waals surface area contributed by atoms with Gasteiger partial charge >= 0.3 is 0 Å². The van der Waals surface area contributed by atoms with Crippen LogP contribution in [0.5, 0.6) is 0 Å². The van der Waals surface area contributed by atoms with E-state index in [2.05, 4.69) is 24.1 Å². The van der Waals surface area contributed by atoms with E-state index in [1.807, 2.05) is 16.7 Å². The number of nitrogens with one attached hydrogen (secondary N) is 1. The smallest absolute Gasteiger partial charge is 0.240 e. The number of anilines is 1. The molecule has 0 aliphatic rings. The fourth-order valence-corrected chi connectivity index (χ4v) is 2.15. The minimum Gasteiger partial charge on any atom is -0.397 e. The molecule has 0 atom stereocenters. The van der Waals surface area contributed by atoms with Gasteiger partial charge in [0.25, 0.3) is 0 Å². The zero-order chi connectivity index (χ0) is 15.4. The number of para-hydroxylation sites is 1. The van der Waals surface area contributed by atoms with Crippen molar-refractivity contribution in [3.8, 4) is 0 Å². The summed E-state index contributed by atoms with van der Waals surface area (Å²) >= 11 is 0. The topological polar surface area (TPSA) is 82.2 Å². The van der Waals surface area contributed by atoms with Crippen LogP contribution in [0.3, 0.4) is 0 Å². The number of methoxy groups -OCH3 is 1. The van der Waals surface area contributed by atoms with Crippen LogP contribution in [-0.4, -0.2) is 29.1 Å². The van der Waals surface area contributed by atoms with Gasteiger partial charge in [0.05, 0.1) is 11.2 Å². The van der Waals surface area contributed by atoms with E-state index < -0.39 is 0 Å². The monoisotopic (exact) mass is 290 g/mol. The van der Waals surface area contributed by atoms with Crippen LogP contribution in [0.4, 0.5) is 5.69 Å². The first-order valence-electron chi connectivity index (χ1n) is 7.02. The Morgan fingerprint density at radius 1 is 1.48 bits per heavy atom. The van der Waals surface area contributed by atoms with E-state index in [1.165, 1.54) is 0 Å². The highest BCUT2D eigenvalue weighted by Gasteiger charge is 2.15. The standard InChI is InChI=1S/C15H22N4O2/c1-10(2)7-17-14(20)8-19-12-6-4-5-11(16)15(12)18-13(19)9-21-3/h4-6,10H,7-9,16H2,1-3H3,(H,17,20). The molecule has 0 bridgehead atoms. The summed E-state index contributed by atoms with van der Waals surface area (Å²) < 4.78 is 7.01. The van der Waals surface area contributed by atoms with E-state index in [-0.39, 0.29) is 12.5 Å². The number of nitrogens with zero attached hydrogens (tertiary/aromatic N) is 2. The summed E-state index contributed by atoms with van der Waals surface area (Å²) in [6, 6.07) is 5.57. The molecule has 0 saturated heterocycles. The van der Waals surface area contributed by atoms with Crippen LogP contribution in [-0.2, 0) is 22.7 Å². The maximum Gasteiger partial charge on any atom is 0.240 e. The Morgan fingerprint density at radius 2 is 2.24 bits per heavy atom. The van der Waals surface area contributed by atoms with Crippen molar-refractivity contribution in [2.75, 3.05) is 19.4 Å². The van der Waals surface area contributed by atoms with E-state index in [1.54, 1.807) is 13.2 Å². The number of amides is 1. The lowest BCUT2D eigenvalue weighted by molar-refractivity contribution is -0.121. The maximum atomic E-state index is 12.1. The first-order valence-corrected chi connectivity index (χ1v) is 7.02. The number of aromatic nitrogens is 2. The van der Waals surface area contributed by atoms with Crippen LogP contribution in [0.1, 0.15) is 19.7 Å². The van der Waals surface area contributed by atoms with Crippen LogP contribution in [0, 0.1) is 5.92 Å². The molecule has 114 valence electrons. The molecule has 1 heterocycles. The molecule has 3 N–H and O–H groups in total. The zero-order valence-corrected chi connectivity index (χ0v) is 12.7. The summed E-state index contributed by atoms with van der Waals surface area (Å²) in [5.41, 5.74) is 8.11. The van der Waals surface area contributed by atoms with Gasteiger partial charge in [-0.3, -0.25) is 4.79 Å². The maximum absolute atomic E-state index is 12.1. The predicted molar refractivity (Wildman–Crippen MR) is 82.7 cm³/mol. The number of nitrogens with two attached hydrogens (primary N) is 1. The molecule has 0 spiro atoms. The number of imidazole rings is 1. The van der Waals surface area contributed by atoms with Gasteiger partial charge in [-0.15, -0.1) is 0 Å². The molecule has 6 nitrogen and oxygen atoms in total. The molecule has 1 aromatic heterocycles. The molecule has 0 radical (unpaired) electrons. The molecule has 2 rings (SSSR count). The largest absolute Gasteiger partial charge is 0.397 e. The molecular weight excluding hydrogens is 268 g/mol. The van der Waals surface area contributed by atoms with E-state index in [0.717, 1.165) is 5.52 Å². The number of fused-ring (bicyclic) bond motifs is 1. The molecule has 0 saturated carbocycles. The quantitative estimate of drug-likeness (QED) is 0.791. The third-order valence-corrected chi connectivity index (χ3v) is 3.17. The Labute approximate surface area is 124 Å². The van der Waals surface area contributed by atoms with Crippen LogP contribution in [0.15, 0.2) is 18.2 Å². The number of benzene rings is 1. The number of nitrogen functional groups attached to an aromatic ring is 1. The third kappa shape index (κ3) is 3.52. The molecular formula is C15H22N4O2. The van der Waals surface area contributed by atoms with Crippen molar-refractivity contribution in [1.29, 1.82) is 0 Å². The molecule has 2 aromatic rings. The molecule has 0 fully saturated rings. The fourth-order valence-electron chi connectivity index (χ4n) is 2.15. The van der Waals surface area contributed by atoms with Crippen molar-refractivity contribution < 1.29 is 9.53 Å². The second kappa shape index (κ2) is 6.58. The van der Waals surface area contributed by atoms with E-state index >= 15 is 0 Å². The number of carbonyl (C=O) groups excluding carboxylic acids is 1. The molecule has 0 aliphatic carbocycles. The van der Waals surface area contributed by atoms with Gasteiger partial charge in [0, 0.05) is 13.7 Å². The van der Waals surface area contributed by atoms with Gasteiger partial charge in [-0.25, -0.2) is 4.98 Å². The molecule has 21 heavy (non-hydrogen) atoms. The summed E-state index contributed by atoms with van der Waals surface area (Å²) in [6.07, 6.45) is 0. The Hall–Kier alpha value is -2.08. The van der Waals surface area contributed by atoms with Gasteiger partial charge in [0.15, 0.2) is 0 Å². The van der Waals surface area contributed by atoms with E-state index in [9.17, 15) is 4.79 Å². The highest BCUT2D eigenvalue weighted by atomic mass is 16.5. The Bertz CT molecular complexity index is 634. The number of ether oxygens (including phenoxy) is 1. The van der Waals surface area contributed by atoms with Crippen LogP contribution >= 0.6 is 0 Å². The van der Waals surface area contributed by atoms with E-state index in [4.69, 9.17) is 10.5 Å². The first kappa shape index (κ1) is 15.3. The summed E-state index contributed by atoms with van der Waals surface area (Å²) in [4.78, 5) is 16.6. The summed E-state index contributed by atoms with van der Waals surface area (Å²) in [7, 11) is 1.60. The Balaban J connectivity index is 2.30.